The third-order valence-electron chi connectivity index (χ3n) is 8.60. The first-order chi connectivity index (χ1) is 22.4. The van der Waals surface area contributed by atoms with Crippen molar-refractivity contribution in [3.05, 3.63) is 12.2 Å². The summed E-state index contributed by atoms with van der Waals surface area (Å²) >= 11 is 0. The summed E-state index contributed by atoms with van der Waals surface area (Å²) < 4.78 is 4.92. The van der Waals surface area contributed by atoms with Crippen LogP contribution in [0.3, 0.4) is 0 Å². The standard InChI is InChI=1S/C22H40O4.C18H36O2.Mg.Na.3H/c1-2-3-4-5-6-7-8-9-10-11-12-13-14-15-16-17-20-26-22(25)19-18-21(23)24;1-2-3-4-5-6-7-8-9-10-11-12-13-14-15-16-17-18(19)20;;;;;/h18-19H,2-17,20H2,1H3,(H,23,24);2-17H2,1H3,(H,19,20);;;;;. The molecule has 0 aromatic rings. The maximum absolute atomic E-state index is 11.1. The molecule has 48 heavy (non-hydrogen) atoms. The van der Waals surface area contributed by atoms with Crippen molar-refractivity contribution in [1.82, 2.24) is 0 Å². The fraction of sp³-hybridized carbons (Fsp3) is 0.875. The zero-order valence-electron chi connectivity index (χ0n) is 30.5. The number of rotatable bonds is 35. The van der Waals surface area contributed by atoms with Crippen LogP contribution in [0.4, 0.5) is 0 Å². The molecule has 0 saturated carbocycles. The number of unbranched alkanes of at least 4 members (excludes halogenated alkanes) is 29. The molecule has 0 rings (SSSR count). The average Bonchev–Trinajstić information content (AvgIpc) is 3.03. The number of hydrogen-bond acceptors (Lipinski definition) is 4. The van der Waals surface area contributed by atoms with Crippen LogP contribution in [0.15, 0.2) is 12.2 Å². The summed E-state index contributed by atoms with van der Waals surface area (Å²) in [5, 5.41) is 16.9. The van der Waals surface area contributed by atoms with E-state index >= 15 is 0 Å². The fourth-order valence-electron chi connectivity index (χ4n) is 5.66. The Bertz CT molecular complexity index is 689. The van der Waals surface area contributed by atoms with Gasteiger partial charge in [0.05, 0.1) is 6.61 Å². The van der Waals surface area contributed by atoms with Crippen LogP contribution in [0.5, 0.6) is 0 Å². The molecule has 0 aliphatic carbocycles. The van der Waals surface area contributed by atoms with E-state index in [0.717, 1.165) is 37.8 Å². The van der Waals surface area contributed by atoms with E-state index in [1.165, 1.54) is 173 Å². The van der Waals surface area contributed by atoms with Gasteiger partial charge >= 0.3 is 70.5 Å². The number of hydrogen-bond donors (Lipinski definition) is 2. The van der Waals surface area contributed by atoms with Gasteiger partial charge in [-0.3, -0.25) is 4.79 Å². The van der Waals surface area contributed by atoms with Gasteiger partial charge < -0.3 is 14.9 Å². The Balaban J connectivity index is -0.000000399. The SMILES string of the molecule is CCCCCCCCCCCCCCCCCC(=O)O.CCCCCCCCCCCCCCCCCCOC(=O)C=CC(=O)O.[MgH2].[NaH]. The predicted molar refractivity (Wildman–Crippen MR) is 210 cm³/mol. The first kappa shape index (κ1) is 54.7. The first-order valence-electron chi connectivity index (χ1n) is 19.7. The van der Waals surface area contributed by atoms with Crippen molar-refractivity contribution < 1.29 is 29.3 Å². The van der Waals surface area contributed by atoms with Crippen molar-refractivity contribution in [3.8, 4) is 0 Å². The predicted octanol–water partition coefficient (Wildman–Crippen LogP) is 11.2. The summed E-state index contributed by atoms with van der Waals surface area (Å²) in [5.41, 5.74) is 0. The molecule has 0 atom stereocenters. The quantitative estimate of drug-likeness (QED) is 0.0295. The summed E-state index contributed by atoms with van der Waals surface area (Å²) in [5.74, 6) is -2.36. The van der Waals surface area contributed by atoms with Crippen LogP contribution >= 0.6 is 0 Å². The molecule has 0 heterocycles. The molecule has 0 saturated heterocycles. The monoisotopic (exact) mass is 703 g/mol. The minimum atomic E-state index is -1.13. The molecular weight excluding hydrogens is 624 g/mol. The van der Waals surface area contributed by atoms with E-state index < -0.39 is 17.9 Å². The van der Waals surface area contributed by atoms with Gasteiger partial charge in [0.25, 0.3) is 0 Å². The molecule has 0 bridgehead atoms. The molecule has 0 unspecified atom stereocenters. The summed E-state index contributed by atoms with van der Waals surface area (Å²) in [6, 6.07) is 0. The van der Waals surface area contributed by atoms with E-state index in [4.69, 9.17) is 14.9 Å². The van der Waals surface area contributed by atoms with Crippen molar-refractivity contribution in [1.29, 1.82) is 0 Å². The zero-order chi connectivity index (χ0) is 34.2. The normalized spacial score (nSPS) is 10.5. The molecule has 2 N–H and O–H groups in total. The van der Waals surface area contributed by atoms with Crippen molar-refractivity contribution in [3.63, 3.8) is 0 Å². The number of carbonyl (C=O) groups is 3. The molecule has 0 spiro atoms. The van der Waals surface area contributed by atoms with Crippen molar-refractivity contribution in [2.45, 2.75) is 219 Å². The Morgan fingerprint density at radius 1 is 0.438 bits per heavy atom. The van der Waals surface area contributed by atoms with Crippen LogP contribution in [0.1, 0.15) is 219 Å². The minimum absolute atomic E-state index is 0. The Labute approximate surface area is 335 Å². The van der Waals surface area contributed by atoms with E-state index in [-0.39, 0.29) is 52.6 Å². The van der Waals surface area contributed by atoms with E-state index in [2.05, 4.69) is 13.8 Å². The Morgan fingerprint density at radius 3 is 0.979 bits per heavy atom. The summed E-state index contributed by atoms with van der Waals surface area (Å²) in [6.07, 6.45) is 42.9. The number of esters is 1. The number of aliphatic carboxylic acids is 2. The van der Waals surface area contributed by atoms with Gasteiger partial charge in [-0.2, -0.15) is 0 Å². The molecule has 0 aromatic carbocycles. The average molecular weight is 703 g/mol. The van der Waals surface area contributed by atoms with Crippen LogP contribution in [0.2, 0.25) is 0 Å². The van der Waals surface area contributed by atoms with Crippen LogP contribution in [0, 0.1) is 0 Å². The topological polar surface area (TPSA) is 101 Å². The third-order valence-corrected chi connectivity index (χ3v) is 8.60. The fourth-order valence-corrected chi connectivity index (χ4v) is 5.66. The van der Waals surface area contributed by atoms with Gasteiger partial charge in [0.15, 0.2) is 0 Å². The van der Waals surface area contributed by atoms with E-state index in [1.54, 1.807) is 0 Å². The Kier molecular flexibility index (Phi) is 55.9. The molecule has 0 amide bonds. The van der Waals surface area contributed by atoms with Crippen molar-refractivity contribution in [2.75, 3.05) is 6.61 Å². The van der Waals surface area contributed by atoms with Crippen molar-refractivity contribution >= 4 is 70.5 Å². The van der Waals surface area contributed by atoms with Crippen LogP contribution < -0.4 is 0 Å². The zero-order valence-corrected chi connectivity index (χ0v) is 30.5. The maximum atomic E-state index is 11.1. The molecule has 0 radical (unpaired) electrons. The number of ether oxygens (including phenoxy) is 1. The first-order valence-corrected chi connectivity index (χ1v) is 19.7. The molecule has 278 valence electrons. The van der Waals surface area contributed by atoms with E-state index in [0.29, 0.717) is 13.0 Å². The third kappa shape index (κ3) is 55.3. The van der Waals surface area contributed by atoms with E-state index in [1.807, 2.05) is 0 Å². The van der Waals surface area contributed by atoms with Gasteiger partial charge in [0, 0.05) is 18.6 Å². The summed E-state index contributed by atoms with van der Waals surface area (Å²) in [7, 11) is 0. The van der Waals surface area contributed by atoms with Gasteiger partial charge in [-0.05, 0) is 12.8 Å². The molecule has 0 aliphatic heterocycles. The van der Waals surface area contributed by atoms with Gasteiger partial charge in [-0.15, -0.1) is 0 Å². The second kappa shape index (κ2) is 49.0. The van der Waals surface area contributed by atoms with Gasteiger partial charge in [0.1, 0.15) is 0 Å². The van der Waals surface area contributed by atoms with E-state index in [9.17, 15) is 14.4 Å². The second-order valence-corrected chi connectivity index (χ2v) is 13.2. The van der Waals surface area contributed by atoms with Crippen LogP contribution in [-0.2, 0) is 19.1 Å². The van der Waals surface area contributed by atoms with Crippen LogP contribution in [0.25, 0.3) is 0 Å². The van der Waals surface area contributed by atoms with Gasteiger partial charge in [-0.25, -0.2) is 9.59 Å². The summed E-state index contributed by atoms with van der Waals surface area (Å²) in [6.45, 7) is 4.91. The molecule has 8 heteroatoms. The molecule has 0 fully saturated rings. The van der Waals surface area contributed by atoms with Crippen LogP contribution in [-0.4, -0.2) is 87.3 Å². The Morgan fingerprint density at radius 2 is 0.708 bits per heavy atom. The van der Waals surface area contributed by atoms with Gasteiger partial charge in [-0.1, -0.05) is 200 Å². The molecule has 6 nitrogen and oxygen atoms in total. The number of carbonyl (C=O) groups excluding carboxylic acids is 1. The Hall–Kier alpha value is -0.0838. The molecule has 0 aromatic heterocycles. The number of carboxylic acids is 2. The molecular formula is C40H79MgNaO6. The van der Waals surface area contributed by atoms with Crippen molar-refractivity contribution in [2.24, 2.45) is 0 Å². The second-order valence-electron chi connectivity index (χ2n) is 13.2. The molecule has 0 aliphatic rings. The summed E-state index contributed by atoms with van der Waals surface area (Å²) in [4.78, 5) is 31.7. The number of carboxylic acid groups (broad SMARTS) is 2. The van der Waals surface area contributed by atoms with Gasteiger partial charge in [0.2, 0.25) is 0 Å².